The van der Waals surface area contributed by atoms with Gasteiger partial charge in [-0.25, -0.2) is 0 Å². The Morgan fingerprint density at radius 2 is 1.89 bits per heavy atom. The van der Waals surface area contributed by atoms with Crippen molar-refractivity contribution in [2.75, 3.05) is 11.1 Å². The van der Waals surface area contributed by atoms with Crippen LogP contribution >= 0.6 is 11.8 Å². The minimum Gasteiger partial charge on any atom is -0.508 e. The molecule has 2 rings (SSSR count). The number of nitrogens with one attached hydrogen (secondary N) is 1. The topological polar surface area (TPSA) is 69.6 Å². The van der Waals surface area contributed by atoms with Gasteiger partial charge in [0, 0.05) is 16.6 Å². The molecule has 0 saturated heterocycles. The Hall–Kier alpha value is -2.14. The number of carbonyl (C=O) groups is 1. The lowest BCUT2D eigenvalue weighted by molar-refractivity contribution is -0.113. The van der Waals surface area contributed by atoms with Gasteiger partial charge < -0.3 is 15.5 Å². The molecule has 0 bridgehead atoms. The number of rotatable bonds is 4. The van der Waals surface area contributed by atoms with Gasteiger partial charge in [0.05, 0.1) is 5.75 Å². The second kappa shape index (κ2) is 6.15. The summed E-state index contributed by atoms with van der Waals surface area (Å²) >= 11 is 1.25. The lowest BCUT2D eigenvalue weighted by atomic mass is 10.3. The van der Waals surface area contributed by atoms with Crippen LogP contribution in [0.15, 0.2) is 53.4 Å². The molecular formula is C14H13NO3S. The molecule has 0 fully saturated rings. The zero-order valence-corrected chi connectivity index (χ0v) is 10.9. The van der Waals surface area contributed by atoms with Crippen molar-refractivity contribution in [3.63, 3.8) is 0 Å². The van der Waals surface area contributed by atoms with Crippen LogP contribution in [0.25, 0.3) is 0 Å². The number of thioether (sulfide) groups is 1. The standard InChI is InChI=1S/C14H13NO3S/c16-11-5-3-4-10(8-11)15-14(18)9-19-13-7-2-1-6-12(13)17/h1-8,16-17H,9H2,(H,15,18). The van der Waals surface area contributed by atoms with Crippen molar-refractivity contribution >= 4 is 23.4 Å². The molecule has 0 radical (unpaired) electrons. The van der Waals surface area contributed by atoms with Gasteiger partial charge in [0.25, 0.3) is 0 Å². The smallest absolute Gasteiger partial charge is 0.234 e. The Bertz CT molecular complexity index is 586. The normalized spacial score (nSPS) is 10.1. The van der Waals surface area contributed by atoms with E-state index < -0.39 is 0 Å². The zero-order chi connectivity index (χ0) is 13.7. The van der Waals surface area contributed by atoms with Gasteiger partial charge in [-0.3, -0.25) is 4.79 Å². The molecule has 4 nitrogen and oxygen atoms in total. The molecule has 0 unspecified atom stereocenters. The SMILES string of the molecule is O=C(CSc1ccccc1O)Nc1cccc(O)c1. The fourth-order valence-electron chi connectivity index (χ4n) is 1.50. The number of aromatic hydroxyl groups is 2. The average molecular weight is 275 g/mol. The van der Waals surface area contributed by atoms with Gasteiger partial charge in [0.2, 0.25) is 5.91 Å². The minimum atomic E-state index is -0.196. The predicted molar refractivity (Wildman–Crippen MR) is 75.6 cm³/mol. The Morgan fingerprint density at radius 1 is 1.11 bits per heavy atom. The number of para-hydroxylation sites is 1. The summed E-state index contributed by atoms with van der Waals surface area (Å²) in [6.07, 6.45) is 0. The quantitative estimate of drug-likeness (QED) is 0.750. The van der Waals surface area contributed by atoms with Crippen LogP contribution in [0.4, 0.5) is 5.69 Å². The number of benzene rings is 2. The van der Waals surface area contributed by atoms with Crippen molar-refractivity contribution in [1.82, 2.24) is 0 Å². The highest BCUT2D eigenvalue weighted by atomic mass is 32.2. The first-order valence-corrected chi connectivity index (χ1v) is 6.63. The Kier molecular flexibility index (Phi) is 4.30. The third-order valence-electron chi connectivity index (χ3n) is 2.35. The van der Waals surface area contributed by atoms with Gasteiger partial charge in [-0.1, -0.05) is 18.2 Å². The van der Waals surface area contributed by atoms with Gasteiger partial charge in [-0.15, -0.1) is 11.8 Å². The fraction of sp³-hybridized carbons (Fsp3) is 0.0714. The van der Waals surface area contributed by atoms with Crippen molar-refractivity contribution in [3.05, 3.63) is 48.5 Å². The minimum absolute atomic E-state index is 0.103. The first-order valence-electron chi connectivity index (χ1n) is 5.65. The van der Waals surface area contributed by atoms with Crippen LogP contribution in [-0.4, -0.2) is 21.9 Å². The highest BCUT2D eigenvalue weighted by Gasteiger charge is 2.06. The molecule has 0 aromatic heterocycles. The van der Waals surface area contributed by atoms with Crippen molar-refractivity contribution in [2.24, 2.45) is 0 Å². The largest absolute Gasteiger partial charge is 0.508 e. The number of carbonyl (C=O) groups excluding carboxylic acids is 1. The second-order valence-corrected chi connectivity index (χ2v) is 4.87. The summed E-state index contributed by atoms with van der Waals surface area (Å²) in [5, 5.41) is 21.5. The molecule has 1 amide bonds. The Labute approximate surface area is 115 Å². The zero-order valence-electron chi connectivity index (χ0n) is 10.0. The third-order valence-corrected chi connectivity index (χ3v) is 3.42. The number of anilines is 1. The van der Waals surface area contributed by atoms with E-state index in [0.717, 1.165) is 0 Å². The molecule has 0 heterocycles. The summed E-state index contributed by atoms with van der Waals surface area (Å²) in [7, 11) is 0. The van der Waals surface area contributed by atoms with Crippen LogP contribution in [-0.2, 0) is 4.79 Å². The molecule has 2 aromatic carbocycles. The summed E-state index contributed by atoms with van der Waals surface area (Å²) < 4.78 is 0. The number of phenolic OH excluding ortho intramolecular Hbond substituents is 2. The lowest BCUT2D eigenvalue weighted by Crippen LogP contribution is -2.13. The van der Waals surface area contributed by atoms with Crippen molar-refractivity contribution in [2.45, 2.75) is 4.90 Å². The van der Waals surface area contributed by atoms with Gasteiger partial charge in [0.15, 0.2) is 0 Å². The van der Waals surface area contributed by atoms with Gasteiger partial charge in [-0.2, -0.15) is 0 Å². The summed E-state index contributed by atoms with van der Waals surface area (Å²) in [6.45, 7) is 0. The Balaban J connectivity index is 1.90. The van der Waals surface area contributed by atoms with Crippen LogP contribution < -0.4 is 5.32 Å². The van der Waals surface area contributed by atoms with E-state index in [0.29, 0.717) is 10.6 Å². The van der Waals surface area contributed by atoms with Crippen LogP contribution in [0.3, 0.4) is 0 Å². The van der Waals surface area contributed by atoms with Gasteiger partial charge in [-0.05, 0) is 24.3 Å². The maximum absolute atomic E-state index is 11.7. The third kappa shape index (κ3) is 3.93. The first-order chi connectivity index (χ1) is 9.15. The average Bonchev–Trinajstić information content (AvgIpc) is 2.38. The van der Waals surface area contributed by atoms with E-state index >= 15 is 0 Å². The predicted octanol–water partition coefficient (Wildman–Crippen LogP) is 2.83. The van der Waals surface area contributed by atoms with Gasteiger partial charge >= 0.3 is 0 Å². The van der Waals surface area contributed by atoms with E-state index in [1.165, 1.54) is 23.9 Å². The molecule has 0 aliphatic rings. The van der Waals surface area contributed by atoms with Gasteiger partial charge in [0.1, 0.15) is 11.5 Å². The van der Waals surface area contributed by atoms with E-state index in [1.54, 1.807) is 36.4 Å². The summed E-state index contributed by atoms with van der Waals surface area (Å²) in [5.74, 6) is 0.260. The highest BCUT2D eigenvalue weighted by Crippen LogP contribution is 2.27. The fourth-order valence-corrected chi connectivity index (χ4v) is 2.25. The van der Waals surface area contributed by atoms with E-state index in [4.69, 9.17) is 0 Å². The van der Waals surface area contributed by atoms with Crippen molar-refractivity contribution in [3.8, 4) is 11.5 Å². The Morgan fingerprint density at radius 3 is 2.63 bits per heavy atom. The number of phenols is 2. The maximum Gasteiger partial charge on any atom is 0.234 e. The molecule has 0 aliphatic heterocycles. The van der Waals surface area contributed by atoms with Crippen LogP contribution in [0, 0.1) is 0 Å². The molecule has 3 N–H and O–H groups in total. The molecule has 0 spiro atoms. The molecule has 0 atom stereocenters. The summed E-state index contributed by atoms with van der Waals surface area (Å²) in [6, 6.07) is 13.2. The first kappa shape index (κ1) is 13.3. The maximum atomic E-state index is 11.7. The van der Waals surface area contributed by atoms with Crippen molar-refractivity contribution < 1.29 is 15.0 Å². The molecule has 98 valence electrons. The molecule has 19 heavy (non-hydrogen) atoms. The van der Waals surface area contributed by atoms with E-state index in [-0.39, 0.29) is 23.2 Å². The van der Waals surface area contributed by atoms with E-state index in [9.17, 15) is 15.0 Å². The monoisotopic (exact) mass is 275 g/mol. The van der Waals surface area contributed by atoms with E-state index in [1.807, 2.05) is 0 Å². The van der Waals surface area contributed by atoms with E-state index in [2.05, 4.69) is 5.32 Å². The molecule has 0 aliphatic carbocycles. The summed E-state index contributed by atoms with van der Waals surface area (Å²) in [5.41, 5.74) is 0.544. The molecule has 5 heteroatoms. The lowest BCUT2D eigenvalue weighted by Gasteiger charge is -2.06. The number of hydrogen-bond acceptors (Lipinski definition) is 4. The molecular weight excluding hydrogens is 262 g/mol. The molecule has 2 aromatic rings. The van der Waals surface area contributed by atoms with Crippen LogP contribution in [0.2, 0.25) is 0 Å². The highest BCUT2D eigenvalue weighted by molar-refractivity contribution is 8.00. The summed E-state index contributed by atoms with van der Waals surface area (Å²) in [4.78, 5) is 12.4. The van der Waals surface area contributed by atoms with Crippen LogP contribution in [0.5, 0.6) is 11.5 Å². The number of amides is 1. The second-order valence-electron chi connectivity index (χ2n) is 3.85. The van der Waals surface area contributed by atoms with Crippen molar-refractivity contribution in [1.29, 1.82) is 0 Å². The number of hydrogen-bond donors (Lipinski definition) is 3. The van der Waals surface area contributed by atoms with Crippen LogP contribution in [0.1, 0.15) is 0 Å². The molecule has 0 saturated carbocycles.